The highest BCUT2D eigenvalue weighted by molar-refractivity contribution is 5.95. The number of fused-ring (bicyclic) bond motifs is 1. The van der Waals surface area contributed by atoms with Crippen LogP contribution in [0.4, 0.5) is 5.69 Å². The fraction of sp³-hybridized carbons (Fsp3) is 0.0769. The van der Waals surface area contributed by atoms with Crippen molar-refractivity contribution in [2.45, 2.75) is 6.92 Å². The Bertz CT molecular complexity index is 1330. The maximum atomic E-state index is 11.9. The van der Waals surface area contributed by atoms with Crippen molar-refractivity contribution >= 4 is 22.7 Å². The SMILES string of the molecule is CCOC(=O)/C(C#N)=C/Nc1cccc2nc(-c3ccccc3)c(-c3ccccc3)nc12. The Labute approximate surface area is 185 Å². The predicted molar refractivity (Wildman–Crippen MR) is 124 cm³/mol. The highest BCUT2D eigenvalue weighted by Crippen LogP contribution is 2.32. The summed E-state index contributed by atoms with van der Waals surface area (Å²) in [6.07, 6.45) is 1.34. The van der Waals surface area contributed by atoms with Crippen molar-refractivity contribution < 1.29 is 9.53 Å². The number of carbonyl (C=O) groups excluding carboxylic acids is 1. The van der Waals surface area contributed by atoms with Crippen molar-refractivity contribution in [2.24, 2.45) is 0 Å². The molecule has 0 saturated heterocycles. The van der Waals surface area contributed by atoms with Gasteiger partial charge in [-0.3, -0.25) is 0 Å². The van der Waals surface area contributed by atoms with Crippen molar-refractivity contribution in [1.29, 1.82) is 5.26 Å². The molecule has 0 bridgehead atoms. The van der Waals surface area contributed by atoms with Crippen LogP contribution in [-0.4, -0.2) is 22.5 Å². The number of nitriles is 1. The van der Waals surface area contributed by atoms with Crippen LogP contribution in [0.25, 0.3) is 33.5 Å². The van der Waals surface area contributed by atoms with Crippen LogP contribution in [0.5, 0.6) is 0 Å². The van der Waals surface area contributed by atoms with Gasteiger partial charge in [-0.25, -0.2) is 14.8 Å². The van der Waals surface area contributed by atoms with Crippen LogP contribution >= 0.6 is 0 Å². The zero-order chi connectivity index (χ0) is 22.3. The first-order valence-corrected chi connectivity index (χ1v) is 10.2. The summed E-state index contributed by atoms with van der Waals surface area (Å²) in [6.45, 7) is 1.89. The second-order valence-corrected chi connectivity index (χ2v) is 6.86. The summed E-state index contributed by atoms with van der Waals surface area (Å²) in [5.74, 6) is -0.676. The second kappa shape index (κ2) is 9.54. The molecule has 0 spiro atoms. The second-order valence-electron chi connectivity index (χ2n) is 6.86. The summed E-state index contributed by atoms with van der Waals surface area (Å²) in [6, 6.07) is 27.2. The van der Waals surface area contributed by atoms with Gasteiger partial charge in [-0.05, 0) is 19.1 Å². The average Bonchev–Trinajstić information content (AvgIpc) is 2.85. The Morgan fingerprint density at radius 1 is 0.938 bits per heavy atom. The molecule has 0 aliphatic carbocycles. The van der Waals surface area contributed by atoms with E-state index in [1.165, 1.54) is 6.20 Å². The fourth-order valence-corrected chi connectivity index (χ4v) is 3.28. The molecule has 0 fully saturated rings. The molecule has 0 atom stereocenters. The zero-order valence-electron chi connectivity index (χ0n) is 17.4. The van der Waals surface area contributed by atoms with E-state index in [0.29, 0.717) is 16.7 Å². The molecule has 0 unspecified atom stereocenters. The van der Waals surface area contributed by atoms with Gasteiger partial charge in [0.25, 0.3) is 0 Å². The van der Waals surface area contributed by atoms with Crippen molar-refractivity contribution in [1.82, 2.24) is 9.97 Å². The number of benzene rings is 3. The van der Waals surface area contributed by atoms with Crippen LogP contribution in [0.1, 0.15) is 6.92 Å². The molecule has 156 valence electrons. The van der Waals surface area contributed by atoms with E-state index < -0.39 is 5.97 Å². The monoisotopic (exact) mass is 420 g/mol. The Morgan fingerprint density at radius 3 is 2.16 bits per heavy atom. The van der Waals surface area contributed by atoms with E-state index in [4.69, 9.17) is 14.7 Å². The Kier molecular flexibility index (Phi) is 6.19. The van der Waals surface area contributed by atoms with Gasteiger partial charge in [-0.15, -0.1) is 0 Å². The standard InChI is InChI=1S/C26H20N4O2/c1-2-32-26(31)20(16-27)17-28-21-14-9-15-22-25(21)30-24(19-12-7-4-8-13-19)23(29-22)18-10-5-3-6-11-18/h3-15,17,28H,2H2,1H3/b20-17+. The van der Waals surface area contributed by atoms with Gasteiger partial charge in [0.2, 0.25) is 0 Å². The predicted octanol–water partition coefficient (Wildman–Crippen LogP) is 5.35. The highest BCUT2D eigenvalue weighted by Gasteiger charge is 2.15. The van der Waals surface area contributed by atoms with E-state index in [1.54, 1.807) is 6.92 Å². The third-order valence-corrected chi connectivity index (χ3v) is 4.78. The molecule has 4 aromatic rings. The van der Waals surface area contributed by atoms with E-state index >= 15 is 0 Å². The minimum absolute atomic E-state index is 0.124. The number of para-hydroxylation sites is 1. The molecule has 1 heterocycles. The number of anilines is 1. The first-order valence-electron chi connectivity index (χ1n) is 10.2. The third-order valence-electron chi connectivity index (χ3n) is 4.78. The van der Waals surface area contributed by atoms with Crippen molar-refractivity contribution in [3.05, 3.63) is 90.6 Å². The summed E-state index contributed by atoms with van der Waals surface area (Å²) < 4.78 is 4.91. The number of nitrogens with one attached hydrogen (secondary N) is 1. The van der Waals surface area contributed by atoms with Crippen molar-refractivity contribution in [3.63, 3.8) is 0 Å². The molecule has 1 aromatic heterocycles. The number of esters is 1. The Hall–Kier alpha value is -4.50. The molecule has 3 aromatic carbocycles. The number of carbonyl (C=O) groups is 1. The molecule has 4 rings (SSSR count). The lowest BCUT2D eigenvalue weighted by Crippen LogP contribution is -2.08. The normalized spacial score (nSPS) is 11.1. The van der Waals surface area contributed by atoms with Gasteiger partial charge in [-0.2, -0.15) is 5.26 Å². The lowest BCUT2D eigenvalue weighted by molar-refractivity contribution is -0.138. The van der Waals surface area contributed by atoms with Crippen LogP contribution in [0.15, 0.2) is 90.6 Å². The number of aromatic nitrogens is 2. The molecule has 0 amide bonds. The Morgan fingerprint density at radius 2 is 1.56 bits per heavy atom. The number of ether oxygens (including phenoxy) is 1. The first-order chi connectivity index (χ1) is 15.7. The molecule has 0 saturated carbocycles. The topological polar surface area (TPSA) is 87.9 Å². The van der Waals surface area contributed by atoms with Crippen LogP contribution in [0.2, 0.25) is 0 Å². The van der Waals surface area contributed by atoms with Crippen LogP contribution in [0.3, 0.4) is 0 Å². The number of rotatable bonds is 6. The smallest absolute Gasteiger partial charge is 0.350 e. The van der Waals surface area contributed by atoms with E-state index in [9.17, 15) is 10.1 Å². The zero-order valence-corrected chi connectivity index (χ0v) is 17.4. The summed E-state index contributed by atoms with van der Waals surface area (Å²) in [5, 5.41) is 12.3. The van der Waals surface area contributed by atoms with Crippen LogP contribution in [0, 0.1) is 11.3 Å². The van der Waals surface area contributed by atoms with Gasteiger partial charge in [0.1, 0.15) is 11.6 Å². The van der Waals surface area contributed by atoms with Gasteiger partial charge in [0.05, 0.1) is 29.2 Å². The van der Waals surface area contributed by atoms with Crippen molar-refractivity contribution in [2.75, 3.05) is 11.9 Å². The quantitative estimate of drug-likeness (QED) is 0.257. The fourth-order valence-electron chi connectivity index (χ4n) is 3.28. The molecular weight excluding hydrogens is 400 g/mol. The first kappa shape index (κ1) is 20.8. The number of nitrogens with zero attached hydrogens (tertiary/aromatic N) is 3. The molecule has 32 heavy (non-hydrogen) atoms. The largest absolute Gasteiger partial charge is 0.462 e. The molecule has 0 radical (unpaired) electrons. The average molecular weight is 420 g/mol. The van der Waals surface area contributed by atoms with Gasteiger partial charge in [0.15, 0.2) is 5.57 Å². The summed E-state index contributed by atoms with van der Waals surface area (Å²) in [4.78, 5) is 21.8. The lowest BCUT2D eigenvalue weighted by atomic mass is 10.0. The van der Waals surface area contributed by atoms with Gasteiger partial charge >= 0.3 is 5.97 Å². The summed E-state index contributed by atoms with van der Waals surface area (Å²) >= 11 is 0. The van der Waals surface area contributed by atoms with Crippen molar-refractivity contribution in [3.8, 4) is 28.6 Å². The van der Waals surface area contributed by atoms with Crippen LogP contribution in [-0.2, 0) is 9.53 Å². The van der Waals surface area contributed by atoms with Crippen LogP contribution < -0.4 is 5.32 Å². The lowest BCUT2D eigenvalue weighted by Gasteiger charge is -2.13. The van der Waals surface area contributed by atoms with E-state index in [1.807, 2.05) is 84.9 Å². The minimum atomic E-state index is -0.676. The summed E-state index contributed by atoms with van der Waals surface area (Å²) in [5.41, 5.74) is 5.25. The molecule has 1 N–H and O–H groups in total. The number of hydrogen-bond donors (Lipinski definition) is 1. The third kappa shape index (κ3) is 4.32. The Balaban J connectivity index is 1.86. The van der Waals surface area contributed by atoms with E-state index in [2.05, 4.69) is 5.32 Å². The molecule has 0 aliphatic rings. The molecule has 6 nitrogen and oxygen atoms in total. The summed E-state index contributed by atoms with van der Waals surface area (Å²) in [7, 11) is 0. The van der Waals surface area contributed by atoms with Gasteiger partial charge in [0, 0.05) is 17.3 Å². The minimum Gasteiger partial charge on any atom is -0.462 e. The number of hydrogen-bond acceptors (Lipinski definition) is 6. The molecule has 0 aliphatic heterocycles. The highest BCUT2D eigenvalue weighted by atomic mass is 16.5. The maximum absolute atomic E-state index is 11.9. The van der Waals surface area contributed by atoms with E-state index in [0.717, 1.165) is 22.5 Å². The van der Waals surface area contributed by atoms with Gasteiger partial charge < -0.3 is 10.1 Å². The van der Waals surface area contributed by atoms with E-state index in [-0.39, 0.29) is 12.2 Å². The molecular formula is C26H20N4O2. The maximum Gasteiger partial charge on any atom is 0.350 e. The molecule has 6 heteroatoms. The van der Waals surface area contributed by atoms with Gasteiger partial charge in [-0.1, -0.05) is 66.7 Å².